The molecular formula is C20H22N4O. The van der Waals surface area contributed by atoms with Crippen molar-refractivity contribution in [2.24, 2.45) is 5.92 Å². The number of hydrogen-bond donors (Lipinski definition) is 3. The van der Waals surface area contributed by atoms with Gasteiger partial charge in [-0.1, -0.05) is 24.6 Å². The van der Waals surface area contributed by atoms with Gasteiger partial charge in [-0.2, -0.15) is 0 Å². The van der Waals surface area contributed by atoms with Gasteiger partial charge in [-0.15, -0.1) is 0 Å². The fourth-order valence-electron chi connectivity index (χ4n) is 3.15. The van der Waals surface area contributed by atoms with Gasteiger partial charge < -0.3 is 15.6 Å². The van der Waals surface area contributed by atoms with Gasteiger partial charge in [-0.05, 0) is 43.0 Å². The number of rotatable bonds is 6. The maximum absolute atomic E-state index is 11.9. The van der Waals surface area contributed by atoms with Crippen molar-refractivity contribution in [2.75, 3.05) is 17.2 Å². The molecule has 2 aromatic heterocycles. The van der Waals surface area contributed by atoms with Crippen LogP contribution < -0.4 is 10.6 Å². The van der Waals surface area contributed by atoms with Crippen molar-refractivity contribution in [2.45, 2.75) is 25.7 Å². The number of nitrogens with one attached hydrogen (secondary N) is 3. The van der Waals surface area contributed by atoms with Crippen molar-refractivity contribution in [1.29, 1.82) is 0 Å². The van der Waals surface area contributed by atoms with Crippen LogP contribution in [0.1, 0.15) is 24.8 Å². The van der Waals surface area contributed by atoms with E-state index in [1.165, 1.54) is 16.5 Å². The fraction of sp³-hybridized carbons (Fsp3) is 0.300. The number of H-pyrrole nitrogens is 1. The molecule has 0 aliphatic heterocycles. The summed E-state index contributed by atoms with van der Waals surface area (Å²) in [5, 5.41) is 7.54. The summed E-state index contributed by atoms with van der Waals surface area (Å²) in [5.74, 6) is 1.13. The van der Waals surface area contributed by atoms with Crippen LogP contribution in [-0.2, 0) is 11.2 Å². The quantitative estimate of drug-likeness (QED) is 0.639. The lowest BCUT2D eigenvalue weighted by Crippen LogP contribution is -2.28. The smallest absolute Gasteiger partial charge is 0.227 e. The molecule has 1 aliphatic rings. The van der Waals surface area contributed by atoms with Gasteiger partial charge in [0, 0.05) is 29.6 Å². The van der Waals surface area contributed by atoms with E-state index in [1.807, 2.05) is 18.2 Å². The average molecular weight is 334 g/mol. The van der Waals surface area contributed by atoms with Crippen molar-refractivity contribution in [3.63, 3.8) is 0 Å². The molecule has 1 fully saturated rings. The first-order valence-electron chi connectivity index (χ1n) is 8.85. The number of aromatic nitrogens is 2. The topological polar surface area (TPSA) is 69.8 Å². The zero-order valence-electron chi connectivity index (χ0n) is 14.1. The number of aromatic amines is 1. The zero-order valence-corrected chi connectivity index (χ0v) is 14.1. The molecule has 3 N–H and O–H groups in total. The highest BCUT2D eigenvalue weighted by atomic mass is 16.1. The van der Waals surface area contributed by atoms with E-state index in [1.54, 1.807) is 6.20 Å². The second-order valence-electron chi connectivity index (χ2n) is 6.59. The number of para-hydroxylation sites is 1. The number of benzene rings is 1. The lowest BCUT2D eigenvalue weighted by molar-refractivity contribution is -0.122. The van der Waals surface area contributed by atoms with Gasteiger partial charge in [0.05, 0.1) is 11.9 Å². The SMILES string of the molecule is O=C(Nc1ccc(NCCc2c[nH]c3ccccc23)nc1)C1CCC1. The number of pyridine rings is 1. The van der Waals surface area contributed by atoms with Gasteiger partial charge in [-0.3, -0.25) is 4.79 Å². The van der Waals surface area contributed by atoms with E-state index >= 15 is 0 Å². The minimum Gasteiger partial charge on any atom is -0.370 e. The summed E-state index contributed by atoms with van der Waals surface area (Å²) in [7, 11) is 0. The number of carbonyl (C=O) groups excluding carboxylic acids is 1. The average Bonchev–Trinajstić information content (AvgIpc) is 2.98. The number of hydrogen-bond acceptors (Lipinski definition) is 3. The highest BCUT2D eigenvalue weighted by Gasteiger charge is 2.25. The van der Waals surface area contributed by atoms with Crippen molar-refractivity contribution in [1.82, 2.24) is 9.97 Å². The summed E-state index contributed by atoms with van der Waals surface area (Å²) in [6, 6.07) is 12.1. The fourth-order valence-corrected chi connectivity index (χ4v) is 3.15. The Hall–Kier alpha value is -2.82. The summed E-state index contributed by atoms with van der Waals surface area (Å²) in [6.07, 6.45) is 7.88. The number of anilines is 2. The van der Waals surface area contributed by atoms with Gasteiger partial charge in [0.2, 0.25) is 5.91 Å². The Kier molecular flexibility index (Phi) is 4.37. The molecule has 2 heterocycles. The Bertz CT molecular complexity index is 865. The van der Waals surface area contributed by atoms with Crippen LogP contribution in [0.25, 0.3) is 10.9 Å². The molecular weight excluding hydrogens is 312 g/mol. The normalized spacial score (nSPS) is 14.2. The van der Waals surface area contributed by atoms with E-state index in [0.29, 0.717) is 0 Å². The monoisotopic (exact) mass is 334 g/mol. The lowest BCUT2D eigenvalue weighted by atomic mass is 9.85. The van der Waals surface area contributed by atoms with Crippen LogP contribution in [0.3, 0.4) is 0 Å². The van der Waals surface area contributed by atoms with Crippen molar-refractivity contribution >= 4 is 28.3 Å². The molecule has 0 spiro atoms. The molecule has 0 bridgehead atoms. The molecule has 4 rings (SSSR count). The van der Waals surface area contributed by atoms with E-state index in [4.69, 9.17) is 0 Å². The number of fused-ring (bicyclic) bond motifs is 1. The first-order valence-corrected chi connectivity index (χ1v) is 8.85. The molecule has 0 radical (unpaired) electrons. The Balaban J connectivity index is 1.30. The van der Waals surface area contributed by atoms with Gasteiger partial charge in [0.25, 0.3) is 0 Å². The molecule has 1 aliphatic carbocycles. The molecule has 1 aromatic carbocycles. The number of carbonyl (C=O) groups is 1. The maximum Gasteiger partial charge on any atom is 0.227 e. The molecule has 1 saturated carbocycles. The predicted octanol–water partition coefficient (Wildman–Crippen LogP) is 3.96. The third-order valence-corrected chi connectivity index (χ3v) is 4.88. The first-order chi connectivity index (χ1) is 12.3. The van der Waals surface area contributed by atoms with Crippen molar-refractivity contribution in [3.05, 3.63) is 54.4 Å². The third-order valence-electron chi connectivity index (χ3n) is 4.88. The van der Waals surface area contributed by atoms with Crippen LogP contribution in [0.2, 0.25) is 0 Å². The summed E-state index contributed by atoms with van der Waals surface area (Å²) >= 11 is 0. The van der Waals surface area contributed by atoms with Crippen LogP contribution in [0.15, 0.2) is 48.8 Å². The molecule has 128 valence electrons. The minimum absolute atomic E-state index is 0.119. The van der Waals surface area contributed by atoms with Crippen LogP contribution in [0, 0.1) is 5.92 Å². The second-order valence-corrected chi connectivity index (χ2v) is 6.59. The van der Waals surface area contributed by atoms with Crippen LogP contribution >= 0.6 is 0 Å². The van der Waals surface area contributed by atoms with Crippen LogP contribution in [-0.4, -0.2) is 22.4 Å². The van der Waals surface area contributed by atoms with Gasteiger partial charge in [0.1, 0.15) is 5.82 Å². The highest BCUT2D eigenvalue weighted by molar-refractivity contribution is 5.92. The van der Waals surface area contributed by atoms with Gasteiger partial charge >= 0.3 is 0 Å². The number of amides is 1. The molecule has 25 heavy (non-hydrogen) atoms. The molecule has 0 saturated heterocycles. The predicted molar refractivity (Wildman–Crippen MR) is 101 cm³/mol. The second kappa shape index (κ2) is 6.97. The van der Waals surface area contributed by atoms with Crippen LogP contribution in [0.5, 0.6) is 0 Å². The molecule has 0 atom stereocenters. The van der Waals surface area contributed by atoms with Crippen LogP contribution in [0.4, 0.5) is 11.5 Å². The highest BCUT2D eigenvalue weighted by Crippen LogP contribution is 2.27. The first kappa shape index (κ1) is 15.7. The Morgan fingerprint density at radius 2 is 2.08 bits per heavy atom. The summed E-state index contributed by atoms with van der Waals surface area (Å²) in [4.78, 5) is 19.6. The minimum atomic E-state index is 0.119. The van der Waals surface area contributed by atoms with E-state index in [-0.39, 0.29) is 11.8 Å². The summed E-state index contributed by atoms with van der Waals surface area (Å²) in [5.41, 5.74) is 3.23. The third kappa shape index (κ3) is 3.50. The van der Waals surface area contributed by atoms with E-state index in [9.17, 15) is 4.79 Å². The molecule has 3 aromatic rings. The summed E-state index contributed by atoms with van der Waals surface area (Å²) in [6.45, 7) is 0.808. The Labute approximate surface area is 146 Å². The standard InChI is InChI=1S/C20H22N4O/c25-20(14-4-3-5-14)24-16-8-9-19(23-13-16)21-11-10-15-12-22-18-7-2-1-6-17(15)18/h1-2,6-9,12-14,22H,3-5,10-11H2,(H,21,23)(H,24,25). The maximum atomic E-state index is 11.9. The Morgan fingerprint density at radius 3 is 2.84 bits per heavy atom. The van der Waals surface area contributed by atoms with Crippen molar-refractivity contribution in [3.8, 4) is 0 Å². The molecule has 5 heteroatoms. The van der Waals surface area contributed by atoms with Crippen molar-refractivity contribution < 1.29 is 4.79 Å². The van der Waals surface area contributed by atoms with Gasteiger partial charge in [-0.25, -0.2) is 4.98 Å². The van der Waals surface area contributed by atoms with E-state index < -0.39 is 0 Å². The lowest BCUT2D eigenvalue weighted by Gasteiger charge is -2.23. The Morgan fingerprint density at radius 1 is 1.20 bits per heavy atom. The van der Waals surface area contributed by atoms with E-state index in [2.05, 4.69) is 45.0 Å². The molecule has 0 unspecified atom stereocenters. The van der Waals surface area contributed by atoms with Gasteiger partial charge in [0.15, 0.2) is 0 Å². The molecule has 1 amide bonds. The summed E-state index contributed by atoms with van der Waals surface area (Å²) < 4.78 is 0. The number of nitrogens with zero attached hydrogens (tertiary/aromatic N) is 1. The zero-order chi connectivity index (χ0) is 17.1. The largest absolute Gasteiger partial charge is 0.370 e. The molecule has 5 nitrogen and oxygen atoms in total. The van der Waals surface area contributed by atoms with E-state index in [0.717, 1.165) is 43.7 Å².